The highest BCUT2D eigenvalue weighted by Crippen LogP contribution is 2.41. The van der Waals surface area contributed by atoms with E-state index in [9.17, 15) is 0 Å². The largest absolute Gasteiger partial charge is 0.464 e. The molecule has 0 fully saturated rings. The second-order valence-corrected chi connectivity index (χ2v) is 4.83. The average molecular weight is 276 g/mol. The third-order valence-corrected chi connectivity index (χ3v) is 3.41. The molecule has 2 aliphatic rings. The van der Waals surface area contributed by atoms with Gasteiger partial charge in [0.15, 0.2) is 17.7 Å². The zero-order chi connectivity index (χ0) is 12.8. The molecule has 1 N–H and O–H groups in total. The van der Waals surface area contributed by atoms with Gasteiger partial charge < -0.3 is 19.5 Å². The van der Waals surface area contributed by atoms with Gasteiger partial charge in [-0.25, -0.2) is 0 Å². The molecular weight excluding hydrogens is 266 g/mol. The lowest BCUT2D eigenvalue weighted by molar-refractivity contribution is 0.173. The zero-order valence-electron chi connectivity index (χ0n) is 9.85. The topological polar surface area (TPSA) is 39.7 Å². The van der Waals surface area contributed by atoms with Gasteiger partial charge in [0, 0.05) is 10.6 Å². The Hall–Kier alpha value is -2.07. The smallest absolute Gasteiger partial charge is 0.231 e. The fraction of sp³-hybridized carbons (Fsp3) is 0.143. The van der Waals surface area contributed by atoms with Crippen LogP contribution in [0, 0.1) is 0 Å². The number of halogens is 1. The van der Waals surface area contributed by atoms with Crippen LogP contribution >= 0.6 is 11.6 Å². The van der Waals surface area contributed by atoms with Gasteiger partial charge in [-0.15, -0.1) is 0 Å². The molecule has 4 nitrogen and oxygen atoms in total. The lowest BCUT2D eigenvalue weighted by Gasteiger charge is -2.12. The highest BCUT2D eigenvalue weighted by atomic mass is 35.5. The number of hydrogen-bond acceptors (Lipinski definition) is 4. The third kappa shape index (κ3) is 1.76. The summed E-state index contributed by atoms with van der Waals surface area (Å²) in [7, 11) is 0. The summed E-state index contributed by atoms with van der Waals surface area (Å²) in [5.41, 5.74) is 1.88. The predicted molar refractivity (Wildman–Crippen MR) is 71.0 cm³/mol. The van der Waals surface area contributed by atoms with E-state index in [4.69, 9.17) is 25.8 Å². The first-order valence-electron chi connectivity index (χ1n) is 5.92. The quantitative estimate of drug-likeness (QED) is 0.864. The van der Waals surface area contributed by atoms with Gasteiger partial charge in [-0.3, -0.25) is 0 Å². The number of ether oxygens (including phenoxy) is 3. The number of nitrogens with one attached hydrogen (secondary N) is 1. The average Bonchev–Trinajstić information content (AvgIpc) is 3.02. The fourth-order valence-electron chi connectivity index (χ4n) is 2.24. The second-order valence-electron chi connectivity index (χ2n) is 4.40. The van der Waals surface area contributed by atoms with Crippen molar-refractivity contribution < 1.29 is 14.2 Å². The molecule has 5 heteroatoms. The first-order valence-corrected chi connectivity index (χ1v) is 6.30. The Balaban J connectivity index is 1.65. The van der Waals surface area contributed by atoms with Crippen molar-refractivity contribution in [2.24, 2.45) is 0 Å². The standard InChI is InChI=1S/C14H10ClNO3/c15-9-2-4-11-10(6-9)16-14(19-11)8-1-3-12-13(5-8)18-7-17-12/h1-6,14,16H,7H2. The van der Waals surface area contributed by atoms with E-state index in [2.05, 4.69) is 5.32 Å². The van der Waals surface area contributed by atoms with E-state index >= 15 is 0 Å². The third-order valence-electron chi connectivity index (χ3n) is 3.17. The van der Waals surface area contributed by atoms with E-state index in [0.29, 0.717) is 5.02 Å². The van der Waals surface area contributed by atoms with Crippen LogP contribution in [0.5, 0.6) is 17.2 Å². The Morgan fingerprint density at radius 3 is 2.79 bits per heavy atom. The summed E-state index contributed by atoms with van der Waals surface area (Å²) in [5, 5.41) is 3.96. The summed E-state index contributed by atoms with van der Waals surface area (Å²) >= 11 is 5.96. The van der Waals surface area contributed by atoms with E-state index in [1.54, 1.807) is 0 Å². The lowest BCUT2D eigenvalue weighted by Crippen LogP contribution is -2.09. The van der Waals surface area contributed by atoms with Crippen molar-refractivity contribution in [2.75, 3.05) is 12.1 Å². The Morgan fingerprint density at radius 2 is 1.84 bits per heavy atom. The maximum absolute atomic E-state index is 5.96. The summed E-state index contributed by atoms with van der Waals surface area (Å²) in [6, 6.07) is 11.3. The Kier molecular flexibility index (Phi) is 2.26. The monoisotopic (exact) mass is 275 g/mol. The van der Waals surface area contributed by atoms with Crippen molar-refractivity contribution in [3.05, 3.63) is 47.0 Å². The van der Waals surface area contributed by atoms with Crippen molar-refractivity contribution in [3.63, 3.8) is 0 Å². The molecule has 2 aromatic rings. The number of hydrogen-bond donors (Lipinski definition) is 1. The van der Waals surface area contributed by atoms with E-state index in [-0.39, 0.29) is 13.0 Å². The van der Waals surface area contributed by atoms with Crippen LogP contribution in [-0.4, -0.2) is 6.79 Å². The molecule has 2 heterocycles. The molecule has 96 valence electrons. The van der Waals surface area contributed by atoms with Gasteiger partial charge in [0.25, 0.3) is 0 Å². The van der Waals surface area contributed by atoms with Gasteiger partial charge in [-0.1, -0.05) is 11.6 Å². The Labute approximate surface area is 114 Å². The number of rotatable bonds is 1. The van der Waals surface area contributed by atoms with Crippen LogP contribution in [0.1, 0.15) is 11.8 Å². The van der Waals surface area contributed by atoms with Crippen LogP contribution < -0.4 is 19.5 Å². The molecule has 0 saturated carbocycles. The van der Waals surface area contributed by atoms with E-state index < -0.39 is 0 Å². The van der Waals surface area contributed by atoms with Gasteiger partial charge in [0.05, 0.1) is 5.69 Å². The minimum absolute atomic E-state index is 0.233. The predicted octanol–water partition coefficient (Wildman–Crippen LogP) is 3.57. The zero-order valence-corrected chi connectivity index (χ0v) is 10.6. The first kappa shape index (κ1) is 10.8. The van der Waals surface area contributed by atoms with Gasteiger partial charge in [0.1, 0.15) is 5.75 Å². The highest BCUT2D eigenvalue weighted by Gasteiger charge is 2.25. The van der Waals surface area contributed by atoms with Crippen LogP contribution in [-0.2, 0) is 0 Å². The van der Waals surface area contributed by atoms with Crippen molar-refractivity contribution in [2.45, 2.75) is 6.23 Å². The summed E-state index contributed by atoms with van der Waals surface area (Å²) in [6.45, 7) is 0.271. The van der Waals surface area contributed by atoms with Crippen LogP contribution in [0.2, 0.25) is 5.02 Å². The molecule has 1 unspecified atom stereocenters. The molecule has 2 aliphatic heterocycles. The van der Waals surface area contributed by atoms with Crippen LogP contribution in [0.3, 0.4) is 0 Å². The van der Waals surface area contributed by atoms with E-state index in [1.165, 1.54) is 0 Å². The van der Waals surface area contributed by atoms with Crippen LogP contribution in [0.25, 0.3) is 0 Å². The number of anilines is 1. The SMILES string of the molecule is Clc1ccc2c(c1)NC(c1ccc3c(c1)OCO3)O2. The Morgan fingerprint density at radius 1 is 1.00 bits per heavy atom. The minimum Gasteiger partial charge on any atom is -0.464 e. The normalized spacial score (nSPS) is 18.7. The summed E-state index contributed by atoms with van der Waals surface area (Å²) in [6.07, 6.45) is -0.233. The maximum Gasteiger partial charge on any atom is 0.231 e. The molecule has 2 aromatic carbocycles. The number of benzene rings is 2. The molecule has 0 radical (unpaired) electrons. The van der Waals surface area contributed by atoms with Crippen molar-refractivity contribution >= 4 is 17.3 Å². The summed E-state index contributed by atoms with van der Waals surface area (Å²) in [4.78, 5) is 0. The highest BCUT2D eigenvalue weighted by molar-refractivity contribution is 6.30. The lowest BCUT2D eigenvalue weighted by atomic mass is 10.2. The molecule has 0 amide bonds. The van der Waals surface area contributed by atoms with Gasteiger partial charge in [-0.05, 0) is 36.4 Å². The van der Waals surface area contributed by atoms with Crippen molar-refractivity contribution in [3.8, 4) is 17.2 Å². The first-order chi connectivity index (χ1) is 9.29. The number of fused-ring (bicyclic) bond motifs is 2. The van der Waals surface area contributed by atoms with Gasteiger partial charge >= 0.3 is 0 Å². The molecular formula is C14H10ClNO3. The molecule has 0 spiro atoms. The molecule has 0 saturated heterocycles. The molecule has 0 aromatic heterocycles. The van der Waals surface area contributed by atoms with Crippen LogP contribution in [0.4, 0.5) is 5.69 Å². The van der Waals surface area contributed by atoms with Crippen molar-refractivity contribution in [1.82, 2.24) is 0 Å². The molecule has 0 bridgehead atoms. The molecule has 19 heavy (non-hydrogen) atoms. The molecule has 0 aliphatic carbocycles. The summed E-state index contributed by atoms with van der Waals surface area (Å²) < 4.78 is 16.5. The van der Waals surface area contributed by atoms with E-state index in [0.717, 1.165) is 28.5 Å². The fourth-order valence-corrected chi connectivity index (χ4v) is 2.42. The van der Waals surface area contributed by atoms with E-state index in [1.807, 2.05) is 36.4 Å². The van der Waals surface area contributed by atoms with Crippen molar-refractivity contribution in [1.29, 1.82) is 0 Å². The molecule has 1 atom stereocenters. The second kappa shape index (κ2) is 3.96. The van der Waals surface area contributed by atoms with Gasteiger partial charge in [0.2, 0.25) is 6.79 Å². The Bertz CT molecular complexity index is 659. The maximum atomic E-state index is 5.96. The van der Waals surface area contributed by atoms with Crippen LogP contribution in [0.15, 0.2) is 36.4 Å². The minimum atomic E-state index is -0.233. The molecule has 4 rings (SSSR count). The summed E-state index contributed by atoms with van der Waals surface area (Å²) in [5.74, 6) is 2.31. The van der Waals surface area contributed by atoms with Gasteiger partial charge in [-0.2, -0.15) is 0 Å².